The number of para-hydroxylation sites is 1. The van der Waals surface area contributed by atoms with Gasteiger partial charge in [-0.1, -0.05) is 25.1 Å². The van der Waals surface area contributed by atoms with Gasteiger partial charge >= 0.3 is 23.9 Å². The Morgan fingerprint density at radius 2 is 1.52 bits per heavy atom. The number of nitrogens with zero attached hydrogens (tertiary/aromatic N) is 2. The number of esters is 2. The zero-order chi connectivity index (χ0) is 25.0. The molecule has 0 bridgehead atoms. The minimum absolute atomic E-state index is 0.116. The average Bonchev–Trinajstić information content (AvgIpc) is 2.83. The summed E-state index contributed by atoms with van der Waals surface area (Å²) in [6.07, 6.45) is 1.49. The highest BCUT2D eigenvalue weighted by molar-refractivity contribution is 6.27. The van der Waals surface area contributed by atoms with Gasteiger partial charge < -0.3 is 24.6 Å². The molecule has 0 spiro atoms. The molecular weight excluding hydrogens is 442 g/mol. The molecule has 0 radical (unpaired) electrons. The molecule has 2 rings (SSSR count). The number of likely N-dealkylation sites (tertiary alicyclic amines) is 1. The first-order valence-corrected chi connectivity index (χ1v) is 10.3. The predicted molar refractivity (Wildman–Crippen MR) is 117 cm³/mol. The zero-order valence-electron chi connectivity index (χ0n) is 19.0. The third-order valence-electron chi connectivity index (χ3n) is 5.29. The zero-order valence-corrected chi connectivity index (χ0v) is 19.0. The molecule has 182 valence electrons. The van der Waals surface area contributed by atoms with Crippen molar-refractivity contribution in [1.82, 2.24) is 4.90 Å². The van der Waals surface area contributed by atoms with E-state index in [1.165, 1.54) is 14.2 Å². The van der Waals surface area contributed by atoms with Crippen LogP contribution in [0.1, 0.15) is 32.6 Å². The number of rotatable bonds is 7. The summed E-state index contributed by atoms with van der Waals surface area (Å²) in [6.45, 7) is 3.53. The number of carbonyl (C=O) groups excluding carboxylic acids is 3. The maximum atomic E-state index is 12.8. The Balaban J connectivity index is 0.000000801. The molecule has 1 saturated heterocycles. The number of benzene rings is 1. The van der Waals surface area contributed by atoms with E-state index in [1.807, 2.05) is 30.3 Å². The standard InChI is InChI=1S/C20H28N2O5.C2H2O4/c1-4-17(23)22(16-8-6-5-7-9-16)20(19(25)27-3)11-14-21(15-12-20)13-10-18(24)26-2;3-1(4)2(5)6/h5-9H,4,10-15H2,1-3H3;(H,3,4)(H,5,6)/i5+1,6+1,7+1,8+1,9+1,16+1;. The van der Waals surface area contributed by atoms with Gasteiger partial charge in [0.25, 0.3) is 0 Å². The summed E-state index contributed by atoms with van der Waals surface area (Å²) in [7, 11) is 2.72. The van der Waals surface area contributed by atoms with Crippen molar-refractivity contribution >= 4 is 35.5 Å². The summed E-state index contributed by atoms with van der Waals surface area (Å²) in [4.78, 5) is 58.9. The van der Waals surface area contributed by atoms with E-state index in [2.05, 4.69) is 9.64 Å². The van der Waals surface area contributed by atoms with Crippen molar-refractivity contribution in [2.75, 3.05) is 38.8 Å². The number of amides is 1. The Kier molecular flexibility index (Phi) is 11.0. The van der Waals surface area contributed by atoms with Gasteiger partial charge in [-0.3, -0.25) is 14.5 Å². The first-order chi connectivity index (χ1) is 15.6. The number of carbonyl (C=O) groups is 5. The quantitative estimate of drug-likeness (QED) is 0.437. The summed E-state index contributed by atoms with van der Waals surface area (Å²) in [5.41, 5.74) is -0.344. The Labute approximate surface area is 191 Å². The van der Waals surface area contributed by atoms with Crippen LogP contribution in [0.4, 0.5) is 5.69 Å². The number of ether oxygens (including phenoxy) is 2. The van der Waals surface area contributed by atoms with Crippen molar-refractivity contribution in [3.63, 3.8) is 0 Å². The van der Waals surface area contributed by atoms with Crippen LogP contribution >= 0.6 is 0 Å². The molecule has 11 nitrogen and oxygen atoms in total. The van der Waals surface area contributed by atoms with Crippen molar-refractivity contribution in [1.29, 1.82) is 0 Å². The second-order valence-electron chi connectivity index (χ2n) is 7.22. The third kappa shape index (κ3) is 7.56. The molecular formula is C22H30N2O9. The monoisotopic (exact) mass is 472 g/mol. The van der Waals surface area contributed by atoms with Crippen LogP contribution in [0.2, 0.25) is 0 Å². The molecule has 1 aliphatic rings. The lowest BCUT2D eigenvalue weighted by atomic mass is 9.85. The van der Waals surface area contributed by atoms with Gasteiger partial charge in [0.05, 0.1) is 20.6 Å². The Morgan fingerprint density at radius 3 is 1.94 bits per heavy atom. The van der Waals surface area contributed by atoms with Gasteiger partial charge in [0.2, 0.25) is 5.91 Å². The SMILES string of the molecule is CCC(=O)N([13c]1[13cH][13cH][13cH][13cH][13cH]1)C1(C(=O)OC)CCN(CCC(=O)OC)CC1.O=C(O)C(=O)O. The van der Waals surface area contributed by atoms with Gasteiger partial charge in [-0.25, -0.2) is 14.4 Å². The van der Waals surface area contributed by atoms with Gasteiger partial charge in [-0.2, -0.15) is 0 Å². The number of aliphatic carboxylic acids is 2. The molecule has 11 heteroatoms. The Morgan fingerprint density at radius 1 is 0.970 bits per heavy atom. The minimum atomic E-state index is -1.82. The molecule has 1 aliphatic heterocycles. The van der Waals surface area contributed by atoms with Crippen LogP contribution in [0, 0.1) is 0 Å². The lowest BCUT2D eigenvalue weighted by Gasteiger charge is -2.46. The number of carboxylic acid groups (broad SMARTS) is 2. The maximum Gasteiger partial charge on any atom is 0.414 e. The van der Waals surface area contributed by atoms with Gasteiger partial charge in [-0.05, 0) is 25.0 Å². The van der Waals surface area contributed by atoms with Crippen LogP contribution < -0.4 is 4.90 Å². The van der Waals surface area contributed by atoms with Crippen LogP contribution in [0.5, 0.6) is 0 Å². The molecule has 1 amide bonds. The molecule has 0 aliphatic carbocycles. The highest BCUT2D eigenvalue weighted by atomic mass is 16.5. The van der Waals surface area contributed by atoms with E-state index >= 15 is 0 Å². The molecule has 1 aromatic rings. The molecule has 33 heavy (non-hydrogen) atoms. The summed E-state index contributed by atoms with van der Waals surface area (Å²) in [6, 6.07) is 9.24. The van der Waals surface area contributed by atoms with E-state index in [0.29, 0.717) is 51.0 Å². The van der Waals surface area contributed by atoms with Gasteiger partial charge in [0, 0.05) is 31.7 Å². The minimum Gasteiger partial charge on any atom is -0.473 e. The maximum absolute atomic E-state index is 12.8. The van der Waals surface area contributed by atoms with E-state index in [-0.39, 0.29) is 11.9 Å². The number of hydrogen-bond donors (Lipinski definition) is 2. The normalized spacial score (nSPS) is 14.8. The fourth-order valence-corrected chi connectivity index (χ4v) is 3.57. The number of carboxylic acids is 2. The van der Waals surface area contributed by atoms with Crippen LogP contribution in [-0.2, 0) is 33.4 Å². The van der Waals surface area contributed by atoms with Gasteiger partial charge in [0.1, 0.15) is 5.54 Å². The van der Waals surface area contributed by atoms with Gasteiger partial charge in [-0.15, -0.1) is 0 Å². The molecule has 2 N–H and O–H groups in total. The topological polar surface area (TPSA) is 151 Å². The number of piperidine rings is 1. The molecule has 1 fully saturated rings. The van der Waals surface area contributed by atoms with Crippen molar-refractivity contribution < 1.29 is 43.7 Å². The van der Waals surface area contributed by atoms with Crippen LogP contribution in [0.3, 0.4) is 0 Å². The summed E-state index contributed by atoms with van der Waals surface area (Å²) < 4.78 is 9.80. The van der Waals surface area contributed by atoms with Gasteiger partial charge in [0.15, 0.2) is 0 Å². The lowest BCUT2D eigenvalue weighted by molar-refractivity contribution is -0.159. The molecule has 1 heterocycles. The Bertz CT molecular complexity index is 822. The molecule has 0 aromatic heterocycles. The first-order valence-electron chi connectivity index (χ1n) is 10.3. The summed E-state index contributed by atoms with van der Waals surface area (Å²) >= 11 is 0. The van der Waals surface area contributed by atoms with E-state index in [0.717, 1.165) is 0 Å². The van der Waals surface area contributed by atoms with Crippen molar-refractivity contribution in [2.24, 2.45) is 0 Å². The van der Waals surface area contributed by atoms with Crippen molar-refractivity contribution in [3.05, 3.63) is 30.3 Å². The predicted octanol–water partition coefficient (Wildman–Crippen LogP) is 1.16. The van der Waals surface area contributed by atoms with E-state index < -0.39 is 23.4 Å². The fourth-order valence-electron chi connectivity index (χ4n) is 3.57. The molecule has 0 saturated carbocycles. The van der Waals surface area contributed by atoms with Crippen LogP contribution in [0.25, 0.3) is 0 Å². The number of methoxy groups -OCH3 is 2. The first kappa shape index (κ1) is 27.6. The largest absolute Gasteiger partial charge is 0.473 e. The van der Waals surface area contributed by atoms with Crippen LogP contribution in [-0.4, -0.2) is 84.3 Å². The third-order valence-corrected chi connectivity index (χ3v) is 5.29. The number of anilines is 1. The molecule has 0 unspecified atom stereocenters. The number of hydrogen-bond acceptors (Lipinski definition) is 8. The molecule has 0 atom stereocenters. The lowest BCUT2D eigenvalue weighted by Crippen LogP contribution is -2.62. The smallest absolute Gasteiger partial charge is 0.414 e. The average molecular weight is 472 g/mol. The van der Waals surface area contributed by atoms with E-state index in [1.54, 1.807) is 11.8 Å². The highest BCUT2D eigenvalue weighted by Crippen LogP contribution is 2.35. The van der Waals surface area contributed by atoms with Crippen molar-refractivity contribution in [3.8, 4) is 0 Å². The second kappa shape index (κ2) is 13.2. The van der Waals surface area contributed by atoms with Crippen molar-refractivity contribution in [2.45, 2.75) is 38.1 Å². The highest BCUT2D eigenvalue weighted by Gasteiger charge is 2.49. The van der Waals surface area contributed by atoms with E-state index in [9.17, 15) is 14.4 Å². The Hall–Kier alpha value is -3.47. The summed E-state index contributed by atoms with van der Waals surface area (Å²) in [5, 5.41) is 14.8. The summed E-state index contributed by atoms with van der Waals surface area (Å²) in [5.74, 6) is -4.42. The van der Waals surface area contributed by atoms with E-state index in [4.69, 9.17) is 24.5 Å². The fraction of sp³-hybridized carbons (Fsp3) is 0.500. The second-order valence-corrected chi connectivity index (χ2v) is 7.22. The molecule has 1 aromatic carbocycles. The van der Waals surface area contributed by atoms with Crippen LogP contribution in [0.15, 0.2) is 30.3 Å².